The number of hydrogen-bond acceptors (Lipinski definition) is 8. The fourth-order valence-electron chi connectivity index (χ4n) is 3.41. The zero-order valence-electron chi connectivity index (χ0n) is 17.9. The summed E-state index contributed by atoms with van der Waals surface area (Å²) in [5, 5.41) is 12.6. The first-order chi connectivity index (χ1) is 16.0. The molecule has 4 heterocycles. The van der Waals surface area contributed by atoms with E-state index in [1.54, 1.807) is 28.2 Å². The van der Waals surface area contributed by atoms with Gasteiger partial charge in [-0.05, 0) is 42.6 Å². The summed E-state index contributed by atoms with van der Waals surface area (Å²) < 4.78 is 2.73. The summed E-state index contributed by atoms with van der Waals surface area (Å²) in [5.74, 6) is 2.18. The Morgan fingerprint density at radius 1 is 1.12 bits per heavy atom. The molecule has 164 valence electrons. The van der Waals surface area contributed by atoms with Gasteiger partial charge in [0.1, 0.15) is 11.6 Å². The molecule has 1 amide bonds. The number of nitrogen functional groups attached to an aromatic ring is 1. The first-order valence-corrected chi connectivity index (χ1v) is 11.0. The normalized spacial score (nSPS) is 11.0. The van der Waals surface area contributed by atoms with Gasteiger partial charge in [0.05, 0.1) is 21.5 Å². The molecule has 33 heavy (non-hydrogen) atoms. The van der Waals surface area contributed by atoms with Crippen LogP contribution in [0.3, 0.4) is 0 Å². The first kappa shape index (κ1) is 20.6. The molecular formula is C23H20N8OS. The fourth-order valence-corrected chi connectivity index (χ4v) is 4.18. The van der Waals surface area contributed by atoms with Gasteiger partial charge < -0.3 is 16.4 Å². The number of hydrogen-bond donors (Lipinski definition) is 3. The quantitative estimate of drug-likeness (QED) is 0.359. The fraction of sp³-hybridized carbons (Fsp3) is 0.0870. The standard InChI is InChI=1S/C23H20N8OS/c1-13-10-19(31(2)30-13)28-22-20-17(8-9-33-20)27-21(29-22)14-4-3-5-16(11-14)26-23(32)15-6-7-18(24)25-12-15/h3-12H,1-2H3,(H2,24,25)(H,26,32)(H,27,28,29). The topological polar surface area (TPSA) is 124 Å². The van der Waals surface area contributed by atoms with Gasteiger partial charge in [0.15, 0.2) is 11.6 Å². The average Bonchev–Trinajstić information content (AvgIpc) is 3.40. The molecule has 5 rings (SSSR count). The van der Waals surface area contributed by atoms with E-state index in [0.29, 0.717) is 28.7 Å². The highest BCUT2D eigenvalue weighted by molar-refractivity contribution is 7.17. The highest BCUT2D eigenvalue weighted by atomic mass is 32.1. The van der Waals surface area contributed by atoms with Crippen LogP contribution >= 0.6 is 11.3 Å². The first-order valence-electron chi connectivity index (χ1n) is 10.1. The molecule has 0 aliphatic rings. The molecular weight excluding hydrogens is 436 g/mol. The van der Waals surface area contributed by atoms with Crippen LogP contribution < -0.4 is 16.4 Å². The van der Waals surface area contributed by atoms with Crippen molar-refractivity contribution in [2.45, 2.75) is 6.92 Å². The number of carbonyl (C=O) groups is 1. The van der Waals surface area contributed by atoms with Crippen molar-refractivity contribution >= 4 is 50.6 Å². The largest absolute Gasteiger partial charge is 0.384 e. The van der Waals surface area contributed by atoms with Crippen molar-refractivity contribution < 1.29 is 4.79 Å². The third kappa shape index (κ3) is 4.23. The van der Waals surface area contributed by atoms with Crippen molar-refractivity contribution in [2.75, 3.05) is 16.4 Å². The summed E-state index contributed by atoms with van der Waals surface area (Å²) in [6, 6.07) is 14.6. The number of rotatable bonds is 5. The molecule has 0 saturated heterocycles. The molecule has 0 aliphatic heterocycles. The van der Waals surface area contributed by atoms with Crippen molar-refractivity contribution in [1.82, 2.24) is 24.7 Å². The number of nitrogens with zero attached hydrogens (tertiary/aromatic N) is 5. The molecule has 9 nitrogen and oxygen atoms in total. The molecule has 0 unspecified atom stereocenters. The molecule has 0 saturated carbocycles. The van der Waals surface area contributed by atoms with Crippen molar-refractivity contribution in [3.63, 3.8) is 0 Å². The summed E-state index contributed by atoms with van der Waals surface area (Å²) >= 11 is 1.57. The van der Waals surface area contributed by atoms with E-state index in [2.05, 4.69) is 20.7 Å². The van der Waals surface area contributed by atoms with Gasteiger partial charge in [0, 0.05) is 30.6 Å². The Morgan fingerprint density at radius 2 is 2.00 bits per heavy atom. The minimum Gasteiger partial charge on any atom is -0.384 e. The molecule has 0 aliphatic carbocycles. The van der Waals surface area contributed by atoms with Crippen molar-refractivity contribution in [2.24, 2.45) is 7.05 Å². The minimum atomic E-state index is -0.275. The van der Waals surface area contributed by atoms with E-state index in [1.165, 1.54) is 6.20 Å². The number of aryl methyl sites for hydroxylation is 2. The molecule has 0 spiro atoms. The number of nitrogens with one attached hydrogen (secondary N) is 2. The van der Waals surface area contributed by atoms with Gasteiger partial charge in [-0.3, -0.25) is 9.48 Å². The number of nitrogens with two attached hydrogens (primary N) is 1. The summed E-state index contributed by atoms with van der Waals surface area (Å²) in [4.78, 5) is 26.0. The van der Waals surface area contributed by atoms with Crippen LogP contribution in [0.25, 0.3) is 21.6 Å². The van der Waals surface area contributed by atoms with Crippen LogP contribution in [0.4, 0.5) is 23.1 Å². The summed E-state index contributed by atoms with van der Waals surface area (Å²) in [6.45, 7) is 1.94. The number of pyridine rings is 1. The number of carbonyl (C=O) groups excluding carboxylic acids is 1. The van der Waals surface area contributed by atoms with Crippen LogP contribution in [0, 0.1) is 6.92 Å². The number of thiophene rings is 1. The zero-order chi connectivity index (χ0) is 22.9. The van der Waals surface area contributed by atoms with E-state index in [9.17, 15) is 4.79 Å². The van der Waals surface area contributed by atoms with Crippen molar-refractivity contribution in [1.29, 1.82) is 0 Å². The highest BCUT2D eigenvalue weighted by Crippen LogP contribution is 2.31. The van der Waals surface area contributed by atoms with E-state index >= 15 is 0 Å². The number of aromatic nitrogens is 5. The lowest BCUT2D eigenvalue weighted by molar-refractivity contribution is 0.102. The Morgan fingerprint density at radius 3 is 2.76 bits per heavy atom. The lowest BCUT2D eigenvalue weighted by Gasteiger charge is -2.10. The predicted octanol–water partition coefficient (Wildman–Crippen LogP) is 4.37. The molecule has 0 bridgehead atoms. The van der Waals surface area contributed by atoms with Gasteiger partial charge in [-0.2, -0.15) is 5.10 Å². The maximum Gasteiger partial charge on any atom is 0.257 e. The van der Waals surface area contributed by atoms with E-state index in [0.717, 1.165) is 27.3 Å². The maximum absolute atomic E-state index is 12.6. The number of benzene rings is 1. The van der Waals surface area contributed by atoms with Crippen LogP contribution in [0.5, 0.6) is 0 Å². The van der Waals surface area contributed by atoms with Gasteiger partial charge in [0.2, 0.25) is 0 Å². The molecule has 4 N–H and O–H groups in total. The Labute approximate surface area is 193 Å². The van der Waals surface area contributed by atoms with E-state index in [-0.39, 0.29) is 5.91 Å². The van der Waals surface area contributed by atoms with Gasteiger partial charge >= 0.3 is 0 Å². The molecule has 5 aromatic rings. The highest BCUT2D eigenvalue weighted by Gasteiger charge is 2.14. The molecule has 1 aromatic carbocycles. The monoisotopic (exact) mass is 456 g/mol. The van der Waals surface area contributed by atoms with Crippen LogP contribution in [-0.4, -0.2) is 30.6 Å². The number of amides is 1. The third-order valence-electron chi connectivity index (χ3n) is 4.98. The van der Waals surface area contributed by atoms with Gasteiger partial charge in [-0.15, -0.1) is 11.3 Å². The van der Waals surface area contributed by atoms with E-state index < -0.39 is 0 Å². The van der Waals surface area contributed by atoms with Crippen LogP contribution in [0.2, 0.25) is 0 Å². The lowest BCUT2D eigenvalue weighted by Crippen LogP contribution is -2.12. The predicted molar refractivity (Wildman–Crippen MR) is 131 cm³/mol. The Hall–Kier alpha value is -4.31. The number of anilines is 4. The van der Waals surface area contributed by atoms with Gasteiger partial charge in [-0.1, -0.05) is 12.1 Å². The molecule has 10 heteroatoms. The summed E-state index contributed by atoms with van der Waals surface area (Å²) in [6.07, 6.45) is 1.44. The second-order valence-corrected chi connectivity index (χ2v) is 8.37. The van der Waals surface area contributed by atoms with Crippen LogP contribution in [0.1, 0.15) is 16.1 Å². The van der Waals surface area contributed by atoms with E-state index in [1.807, 2.05) is 55.7 Å². The zero-order valence-corrected chi connectivity index (χ0v) is 18.7. The molecule has 4 aromatic heterocycles. The van der Waals surface area contributed by atoms with E-state index in [4.69, 9.17) is 15.7 Å². The smallest absolute Gasteiger partial charge is 0.257 e. The van der Waals surface area contributed by atoms with Crippen LogP contribution in [0.15, 0.2) is 60.1 Å². The second kappa shape index (κ2) is 8.32. The van der Waals surface area contributed by atoms with Crippen LogP contribution in [-0.2, 0) is 7.05 Å². The second-order valence-electron chi connectivity index (χ2n) is 7.46. The Kier molecular flexibility index (Phi) is 5.19. The van der Waals surface area contributed by atoms with Crippen molar-refractivity contribution in [3.05, 3.63) is 71.4 Å². The lowest BCUT2D eigenvalue weighted by atomic mass is 10.1. The SMILES string of the molecule is Cc1cc(Nc2nc(-c3cccc(NC(=O)c4ccc(N)nc4)c3)nc3ccsc23)n(C)n1. The third-order valence-corrected chi connectivity index (χ3v) is 5.89. The number of fused-ring (bicyclic) bond motifs is 1. The van der Waals surface area contributed by atoms with Crippen molar-refractivity contribution in [3.8, 4) is 11.4 Å². The van der Waals surface area contributed by atoms with Gasteiger partial charge in [-0.25, -0.2) is 15.0 Å². The van der Waals surface area contributed by atoms with Gasteiger partial charge in [0.25, 0.3) is 5.91 Å². The maximum atomic E-state index is 12.6. The Bertz CT molecular complexity index is 1470. The summed E-state index contributed by atoms with van der Waals surface area (Å²) in [5.41, 5.74) is 9.18. The molecule has 0 radical (unpaired) electrons. The average molecular weight is 457 g/mol. The summed E-state index contributed by atoms with van der Waals surface area (Å²) in [7, 11) is 1.88. The minimum absolute atomic E-state index is 0.275. The molecule has 0 fully saturated rings. The Balaban J connectivity index is 1.47. The molecule has 0 atom stereocenters.